The highest BCUT2D eigenvalue weighted by Gasteiger charge is 2.12. The van der Waals surface area contributed by atoms with E-state index in [1.807, 2.05) is 12.1 Å². The van der Waals surface area contributed by atoms with Gasteiger partial charge >= 0.3 is 0 Å². The molecule has 3 rings (SSSR count). The van der Waals surface area contributed by atoms with E-state index in [9.17, 15) is 0 Å². The van der Waals surface area contributed by atoms with Gasteiger partial charge in [-0.1, -0.05) is 17.7 Å². The zero-order chi connectivity index (χ0) is 13.8. The van der Waals surface area contributed by atoms with Crippen LogP contribution in [0.15, 0.2) is 28.7 Å². The first-order valence-corrected chi connectivity index (χ1v) is 7.14. The summed E-state index contributed by atoms with van der Waals surface area (Å²) in [5.74, 6) is 1.33. The maximum Gasteiger partial charge on any atom is 0.247 e. The average Bonchev–Trinajstić information content (AvgIpc) is 2.96. The number of nitrogens with zero attached hydrogens (tertiary/aromatic N) is 3. The van der Waals surface area contributed by atoms with Gasteiger partial charge in [-0.05, 0) is 19.1 Å². The van der Waals surface area contributed by atoms with Crippen LogP contribution in [0.1, 0.15) is 11.5 Å². The molecule has 0 aliphatic carbocycles. The van der Waals surface area contributed by atoms with Crippen LogP contribution in [0.2, 0.25) is 0 Å². The van der Waals surface area contributed by atoms with Crippen LogP contribution in [0.3, 0.4) is 0 Å². The fourth-order valence-electron chi connectivity index (χ4n) is 2.36. The van der Waals surface area contributed by atoms with E-state index in [4.69, 9.17) is 4.42 Å². The standard InChI is InChI=1S/C15H20N4O/c1-12-2-4-13(5-3-12)15-18-17-14(20-15)6-9-19-10-7-16-8-11-19/h2-5,16H,6-11H2,1H3. The van der Waals surface area contributed by atoms with E-state index in [-0.39, 0.29) is 0 Å². The molecule has 5 nitrogen and oxygen atoms in total. The van der Waals surface area contributed by atoms with Crippen LogP contribution in [0.5, 0.6) is 0 Å². The number of hydrogen-bond donors (Lipinski definition) is 1. The van der Waals surface area contributed by atoms with E-state index in [0.717, 1.165) is 50.6 Å². The highest BCUT2D eigenvalue weighted by Crippen LogP contribution is 2.18. The molecule has 0 unspecified atom stereocenters. The molecule has 106 valence electrons. The van der Waals surface area contributed by atoms with Gasteiger partial charge in [0.1, 0.15) is 0 Å². The Hall–Kier alpha value is -1.72. The minimum atomic E-state index is 0.611. The maximum absolute atomic E-state index is 5.74. The van der Waals surface area contributed by atoms with E-state index >= 15 is 0 Å². The zero-order valence-electron chi connectivity index (χ0n) is 11.8. The Morgan fingerprint density at radius 1 is 1.15 bits per heavy atom. The Morgan fingerprint density at radius 2 is 1.90 bits per heavy atom. The van der Waals surface area contributed by atoms with Crippen LogP contribution in [-0.4, -0.2) is 47.8 Å². The summed E-state index contributed by atoms with van der Waals surface area (Å²) in [5.41, 5.74) is 2.21. The summed E-state index contributed by atoms with van der Waals surface area (Å²) >= 11 is 0. The topological polar surface area (TPSA) is 54.2 Å². The SMILES string of the molecule is Cc1ccc(-c2nnc(CCN3CCNCC3)o2)cc1. The van der Waals surface area contributed by atoms with Gasteiger partial charge in [-0.3, -0.25) is 0 Å². The van der Waals surface area contributed by atoms with Gasteiger partial charge in [0.05, 0.1) is 0 Å². The second kappa shape index (κ2) is 6.15. The van der Waals surface area contributed by atoms with Crippen LogP contribution < -0.4 is 5.32 Å². The zero-order valence-corrected chi connectivity index (χ0v) is 11.8. The molecule has 1 aromatic heterocycles. The summed E-state index contributed by atoms with van der Waals surface area (Å²) in [6.07, 6.45) is 0.818. The van der Waals surface area contributed by atoms with Crippen molar-refractivity contribution < 1.29 is 4.42 Å². The van der Waals surface area contributed by atoms with Gasteiger partial charge in [-0.2, -0.15) is 0 Å². The fraction of sp³-hybridized carbons (Fsp3) is 0.467. The lowest BCUT2D eigenvalue weighted by atomic mass is 10.1. The Morgan fingerprint density at radius 3 is 2.65 bits per heavy atom. The Bertz CT molecular complexity index is 543. The predicted octanol–water partition coefficient (Wildman–Crippen LogP) is 1.49. The Labute approximate surface area is 119 Å². The summed E-state index contributed by atoms with van der Waals surface area (Å²) in [4.78, 5) is 2.42. The van der Waals surface area contributed by atoms with Crippen molar-refractivity contribution in [3.05, 3.63) is 35.7 Å². The number of benzene rings is 1. The lowest BCUT2D eigenvalue weighted by Crippen LogP contribution is -2.44. The van der Waals surface area contributed by atoms with E-state index in [1.54, 1.807) is 0 Å². The first-order chi connectivity index (χ1) is 9.81. The van der Waals surface area contributed by atoms with Crippen LogP contribution in [-0.2, 0) is 6.42 Å². The Balaban J connectivity index is 1.60. The second-order valence-electron chi connectivity index (χ2n) is 5.21. The number of piperazine rings is 1. The minimum absolute atomic E-state index is 0.611. The first-order valence-electron chi connectivity index (χ1n) is 7.14. The van der Waals surface area contributed by atoms with Crippen molar-refractivity contribution in [3.63, 3.8) is 0 Å². The summed E-state index contributed by atoms with van der Waals surface area (Å²) in [5, 5.41) is 11.6. The Kier molecular flexibility index (Phi) is 4.08. The van der Waals surface area contributed by atoms with E-state index in [1.165, 1.54) is 5.56 Å². The quantitative estimate of drug-likeness (QED) is 0.914. The summed E-state index contributed by atoms with van der Waals surface area (Å²) in [7, 11) is 0. The molecule has 1 saturated heterocycles. The van der Waals surface area contributed by atoms with E-state index in [0.29, 0.717) is 5.89 Å². The van der Waals surface area contributed by atoms with Gasteiger partial charge in [0.2, 0.25) is 11.8 Å². The van der Waals surface area contributed by atoms with Crippen LogP contribution in [0.4, 0.5) is 0 Å². The molecule has 0 atom stereocenters. The molecule has 0 radical (unpaired) electrons. The number of aromatic nitrogens is 2. The molecule has 2 heterocycles. The highest BCUT2D eigenvalue weighted by molar-refractivity contribution is 5.52. The number of hydrogen-bond acceptors (Lipinski definition) is 5. The van der Waals surface area contributed by atoms with Gasteiger partial charge in [-0.25, -0.2) is 0 Å². The number of rotatable bonds is 4. The van der Waals surface area contributed by atoms with Crippen LogP contribution in [0, 0.1) is 6.92 Å². The molecule has 1 aromatic carbocycles. The monoisotopic (exact) mass is 272 g/mol. The van der Waals surface area contributed by atoms with Crippen molar-refractivity contribution in [2.45, 2.75) is 13.3 Å². The van der Waals surface area contributed by atoms with Crippen molar-refractivity contribution in [2.75, 3.05) is 32.7 Å². The molecule has 0 amide bonds. The van der Waals surface area contributed by atoms with Crippen LogP contribution in [0.25, 0.3) is 11.5 Å². The summed E-state index contributed by atoms with van der Waals surface area (Å²) in [6.45, 7) is 7.38. The van der Waals surface area contributed by atoms with Gasteiger partial charge in [-0.15, -0.1) is 10.2 Å². The molecule has 2 aromatic rings. The smallest absolute Gasteiger partial charge is 0.247 e. The lowest BCUT2D eigenvalue weighted by molar-refractivity contribution is 0.238. The molecular formula is C15H20N4O. The molecular weight excluding hydrogens is 252 g/mol. The van der Waals surface area contributed by atoms with Gasteiger partial charge < -0.3 is 14.6 Å². The van der Waals surface area contributed by atoms with Gasteiger partial charge in [0.25, 0.3) is 0 Å². The maximum atomic E-state index is 5.74. The summed E-state index contributed by atoms with van der Waals surface area (Å²) < 4.78 is 5.74. The molecule has 20 heavy (non-hydrogen) atoms. The average molecular weight is 272 g/mol. The van der Waals surface area contributed by atoms with Crippen molar-refractivity contribution >= 4 is 0 Å². The van der Waals surface area contributed by atoms with E-state index in [2.05, 4.69) is 39.5 Å². The van der Waals surface area contributed by atoms with Crippen molar-refractivity contribution in [1.82, 2.24) is 20.4 Å². The largest absolute Gasteiger partial charge is 0.421 e. The normalized spacial score (nSPS) is 16.4. The van der Waals surface area contributed by atoms with Crippen LogP contribution >= 0.6 is 0 Å². The number of nitrogens with one attached hydrogen (secondary N) is 1. The number of aryl methyl sites for hydroxylation is 1. The molecule has 0 saturated carbocycles. The van der Waals surface area contributed by atoms with Gasteiger partial charge in [0.15, 0.2) is 0 Å². The van der Waals surface area contributed by atoms with Crippen molar-refractivity contribution in [1.29, 1.82) is 0 Å². The molecule has 1 N–H and O–H groups in total. The third kappa shape index (κ3) is 3.23. The molecule has 1 aliphatic heterocycles. The third-order valence-corrected chi connectivity index (χ3v) is 3.62. The lowest BCUT2D eigenvalue weighted by Gasteiger charge is -2.26. The molecule has 1 fully saturated rings. The van der Waals surface area contributed by atoms with Crippen molar-refractivity contribution in [3.8, 4) is 11.5 Å². The third-order valence-electron chi connectivity index (χ3n) is 3.62. The molecule has 0 spiro atoms. The second-order valence-corrected chi connectivity index (χ2v) is 5.21. The fourth-order valence-corrected chi connectivity index (χ4v) is 2.36. The molecule has 1 aliphatic rings. The first kappa shape index (κ1) is 13.3. The van der Waals surface area contributed by atoms with Crippen molar-refractivity contribution in [2.24, 2.45) is 0 Å². The summed E-state index contributed by atoms with van der Waals surface area (Å²) in [6, 6.07) is 8.14. The molecule has 5 heteroatoms. The predicted molar refractivity (Wildman–Crippen MR) is 77.5 cm³/mol. The highest BCUT2D eigenvalue weighted by atomic mass is 16.4. The minimum Gasteiger partial charge on any atom is -0.421 e. The molecule has 0 bridgehead atoms. The van der Waals surface area contributed by atoms with E-state index < -0.39 is 0 Å². The van der Waals surface area contributed by atoms with Gasteiger partial charge in [0, 0.05) is 44.7 Å².